The highest BCUT2D eigenvalue weighted by Crippen LogP contribution is 2.47. The van der Waals surface area contributed by atoms with Gasteiger partial charge in [0.15, 0.2) is 0 Å². The number of nitrogens with one attached hydrogen (secondary N) is 2. The van der Waals surface area contributed by atoms with Gasteiger partial charge < -0.3 is 14.8 Å². The largest absolute Gasteiger partial charge is 0.350 e. The maximum atomic E-state index is 14.4. The molecule has 32 heavy (non-hydrogen) atoms. The number of aromatic nitrogens is 3. The zero-order chi connectivity index (χ0) is 22.9. The Hall–Kier alpha value is -2.99. The van der Waals surface area contributed by atoms with E-state index in [2.05, 4.69) is 20.5 Å². The maximum Gasteiger partial charge on any atom is 0.268 e. The number of carbonyl (C=O) groups excluding carboxylic acids is 1. The smallest absolute Gasteiger partial charge is 0.268 e. The maximum absolute atomic E-state index is 14.4. The number of fused-ring (bicyclic) bond motifs is 1. The van der Waals surface area contributed by atoms with Crippen molar-refractivity contribution in [3.05, 3.63) is 82.3 Å². The third kappa shape index (κ3) is 4.19. The number of hydrogen-bond acceptors (Lipinski definition) is 5. The van der Waals surface area contributed by atoms with Crippen molar-refractivity contribution in [2.75, 3.05) is 7.11 Å². The molecule has 2 aromatic carbocycles. The van der Waals surface area contributed by atoms with Gasteiger partial charge in [0.25, 0.3) is 13.3 Å². The van der Waals surface area contributed by atoms with Gasteiger partial charge in [0.2, 0.25) is 0 Å². The normalized spacial score (nSPS) is 13.1. The highest BCUT2D eigenvalue weighted by atomic mass is 35.5. The van der Waals surface area contributed by atoms with Crippen LogP contribution >= 0.6 is 19.0 Å². The molecular weight excluding hydrogens is 447 g/mol. The molecule has 0 fully saturated rings. The lowest BCUT2D eigenvalue weighted by Gasteiger charge is -2.19. The second-order valence-electron chi connectivity index (χ2n) is 7.55. The van der Waals surface area contributed by atoms with E-state index in [0.29, 0.717) is 26.5 Å². The number of rotatable bonds is 6. The molecule has 1 atom stereocenters. The van der Waals surface area contributed by atoms with Crippen LogP contribution in [-0.2, 0) is 15.6 Å². The van der Waals surface area contributed by atoms with E-state index in [9.17, 15) is 9.36 Å². The molecule has 2 heterocycles. The van der Waals surface area contributed by atoms with Crippen LogP contribution in [0.1, 0.15) is 27.2 Å². The Balaban J connectivity index is 1.87. The molecule has 0 spiro atoms. The lowest BCUT2D eigenvalue weighted by Crippen LogP contribution is -2.30. The Morgan fingerprint density at radius 3 is 2.53 bits per heavy atom. The molecule has 0 aliphatic heterocycles. The average molecular weight is 469 g/mol. The van der Waals surface area contributed by atoms with E-state index in [1.807, 2.05) is 32.0 Å². The number of nitrogens with zero attached hydrogens (tertiary/aromatic N) is 2. The first kappa shape index (κ1) is 22.2. The number of amides is 1. The molecule has 0 bridgehead atoms. The second-order valence-corrected chi connectivity index (χ2v) is 10.4. The molecule has 0 aliphatic carbocycles. The van der Waals surface area contributed by atoms with Crippen LogP contribution in [-0.4, -0.2) is 28.2 Å². The zero-order valence-electron chi connectivity index (χ0n) is 17.8. The summed E-state index contributed by atoms with van der Waals surface area (Å²) in [7, 11) is -2.24. The summed E-state index contributed by atoms with van der Waals surface area (Å²) >= 11 is 6.25. The molecular formula is C23H22ClN4O3P. The second kappa shape index (κ2) is 8.87. The summed E-state index contributed by atoms with van der Waals surface area (Å²) in [5, 5.41) is 12.3. The summed E-state index contributed by atoms with van der Waals surface area (Å²) in [6.45, 7) is 4.10. The number of aryl methyl sites for hydroxylation is 2. The van der Waals surface area contributed by atoms with Crippen molar-refractivity contribution >= 4 is 46.4 Å². The summed E-state index contributed by atoms with van der Waals surface area (Å²) in [6, 6.07) is 12.6. The van der Waals surface area contributed by atoms with Crippen molar-refractivity contribution in [1.29, 1.82) is 0 Å². The number of H-pyrrole nitrogens is 1. The number of hydrogen-bond donors (Lipinski definition) is 2. The van der Waals surface area contributed by atoms with Crippen LogP contribution in [0.2, 0.25) is 5.02 Å². The van der Waals surface area contributed by atoms with Gasteiger partial charge in [0.1, 0.15) is 5.69 Å². The topological polar surface area (TPSA) is 97.0 Å². The van der Waals surface area contributed by atoms with Gasteiger partial charge in [0, 0.05) is 41.1 Å². The lowest BCUT2D eigenvalue weighted by atomic mass is 10.2. The predicted molar refractivity (Wildman–Crippen MR) is 126 cm³/mol. The molecule has 2 aromatic heterocycles. The molecule has 7 nitrogen and oxygen atoms in total. The summed E-state index contributed by atoms with van der Waals surface area (Å²) in [5.74, 6) is -0.411. The van der Waals surface area contributed by atoms with Gasteiger partial charge in [-0.25, -0.2) is 0 Å². The molecule has 1 unspecified atom stereocenters. The predicted octanol–water partition coefficient (Wildman–Crippen LogP) is 4.03. The first-order valence-electron chi connectivity index (χ1n) is 9.92. The Morgan fingerprint density at radius 1 is 1.12 bits per heavy atom. The SMILES string of the molecule is COP(=O)(c1cc(C)cc(C)c1)c1c(C(=O)NCc2ccnnc2)[nH]c2ccc(Cl)cc12. The van der Waals surface area contributed by atoms with Crippen LogP contribution in [0.25, 0.3) is 10.9 Å². The quantitative estimate of drug-likeness (QED) is 0.416. The minimum Gasteiger partial charge on any atom is -0.350 e. The van der Waals surface area contributed by atoms with Crippen molar-refractivity contribution < 1.29 is 13.9 Å². The van der Waals surface area contributed by atoms with Crippen LogP contribution < -0.4 is 15.9 Å². The van der Waals surface area contributed by atoms with Crippen molar-refractivity contribution in [2.45, 2.75) is 20.4 Å². The number of halogens is 1. The molecule has 9 heteroatoms. The molecule has 0 aliphatic rings. The van der Waals surface area contributed by atoms with Crippen LogP contribution in [0.3, 0.4) is 0 Å². The van der Waals surface area contributed by atoms with E-state index in [0.717, 1.165) is 16.7 Å². The molecule has 164 valence electrons. The van der Waals surface area contributed by atoms with E-state index in [1.54, 1.807) is 36.7 Å². The zero-order valence-corrected chi connectivity index (χ0v) is 19.5. The standard InChI is InChI=1S/C23H22ClN4O3P/c1-14-8-15(2)10-18(9-14)32(30,31-3)22-19-11-17(24)4-5-20(19)28-21(22)23(29)25-12-16-6-7-26-27-13-16/h4-11,13,28H,12H2,1-3H3,(H,25,29). The van der Waals surface area contributed by atoms with Gasteiger partial charge in [-0.2, -0.15) is 10.2 Å². The number of aromatic amines is 1. The van der Waals surface area contributed by atoms with E-state index >= 15 is 0 Å². The monoisotopic (exact) mass is 468 g/mol. The minimum atomic E-state index is -3.64. The minimum absolute atomic E-state index is 0.175. The highest BCUT2D eigenvalue weighted by Gasteiger charge is 2.36. The van der Waals surface area contributed by atoms with Crippen LogP contribution in [0, 0.1) is 13.8 Å². The van der Waals surface area contributed by atoms with Crippen LogP contribution in [0.4, 0.5) is 0 Å². The average Bonchev–Trinajstić information content (AvgIpc) is 3.16. The van der Waals surface area contributed by atoms with Gasteiger partial charge in [-0.15, -0.1) is 0 Å². The first-order chi connectivity index (χ1) is 15.3. The number of benzene rings is 2. The fourth-order valence-corrected chi connectivity index (χ4v) is 6.28. The number of carbonyl (C=O) groups is 1. The molecule has 0 saturated heterocycles. The summed E-state index contributed by atoms with van der Waals surface area (Å²) in [5.41, 5.74) is 3.51. The molecule has 0 saturated carbocycles. The van der Waals surface area contributed by atoms with Crippen LogP contribution in [0.5, 0.6) is 0 Å². The van der Waals surface area contributed by atoms with Crippen molar-refractivity contribution in [3.8, 4) is 0 Å². The first-order valence-corrected chi connectivity index (χ1v) is 11.9. The Bertz CT molecular complexity index is 1330. The Morgan fingerprint density at radius 2 is 1.88 bits per heavy atom. The van der Waals surface area contributed by atoms with Crippen molar-refractivity contribution in [1.82, 2.24) is 20.5 Å². The van der Waals surface area contributed by atoms with Gasteiger partial charge in [-0.3, -0.25) is 9.36 Å². The van der Waals surface area contributed by atoms with E-state index in [4.69, 9.17) is 16.1 Å². The lowest BCUT2D eigenvalue weighted by molar-refractivity contribution is 0.0947. The fourth-order valence-electron chi connectivity index (χ4n) is 3.76. The van der Waals surface area contributed by atoms with Crippen molar-refractivity contribution in [2.24, 2.45) is 0 Å². The third-order valence-electron chi connectivity index (χ3n) is 5.16. The van der Waals surface area contributed by atoms with Crippen molar-refractivity contribution in [3.63, 3.8) is 0 Å². The van der Waals surface area contributed by atoms with Crippen LogP contribution in [0.15, 0.2) is 54.9 Å². The molecule has 4 aromatic rings. The van der Waals surface area contributed by atoms with Gasteiger partial charge >= 0.3 is 0 Å². The Labute approximate surface area is 190 Å². The van der Waals surface area contributed by atoms with E-state index < -0.39 is 13.3 Å². The molecule has 2 N–H and O–H groups in total. The Kier molecular flexibility index (Phi) is 6.15. The molecule has 0 radical (unpaired) electrons. The van der Waals surface area contributed by atoms with Gasteiger partial charge in [-0.05, 0) is 55.8 Å². The van der Waals surface area contributed by atoms with Gasteiger partial charge in [0.05, 0.1) is 11.5 Å². The molecule has 1 amide bonds. The highest BCUT2D eigenvalue weighted by molar-refractivity contribution is 7.75. The third-order valence-corrected chi connectivity index (χ3v) is 7.90. The summed E-state index contributed by atoms with van der Waals surface area (Å²) < 4.78 is 20.1. The fraction of sp³-hybridized carbons (Fsp3) is 0.174. The van der Waals surface area contributed by atoms with E-state index in [1.165, 1.54) is 7.11 Å². The van der Waals surface area contributed by atoms with Gasteiger partial charge in [-0.1, -0.05) is 28.8 Å². The molecule has 4 rings (SSSR count). The summed E-state index contributed by atoms with van der Waals surface area (Å²) in [6.07, 6.45) is 3.12. The van der Waals surface area contributed by atoms with E-state index in [-0.39, 0.29) is 12.2 Å². The summed E-state index contributed by atoms with van der Waals surface area (Å²) in [4.78, 5) is 16.3.